The SMILES string of the molecule is COCCNC1(C(=O)OC)CC(OC)C1. The number of ether oxygens (including phenoxy) is 3. The summed E-state index contributed by atoms with van der Waals surface area (Å²) in [5.41, 5.74) is -0.562. The lowest BCUT2D eigenvalue weighted by molar-refractivity contribution is -0.160. The molecule has 1 rings (SSSR count). The van der Waals surface area contributed by atoms with Crippen LogP contribution in [0.15, 0.2) is 0 Å². The summed E-state index contributed by atoms with van der Waals surface area (Å²) < 4.78 is 14.9. The van der Waals surface area contributed by atoms with Crippen LogP contribution in [0.3, 0.4) is 0 Å². The van der Waals surface area contributed by atoms with Gasteiger partial charge in [-0.05, 0) is 0 Å². The number of hydrogen-bond donors (Lipinski definition) is 1. The molecule has 1 aliphatic rings. The predicted octanol–water partition coefficient (Wildman–Crippen LogP) is -0.0570. The Bertz CT molecular complexity index is 213. The molecule has 0 unspecified atom stereocenters. The van der Waals surface area contributed by atoms with Crippen LogP contribution < -0.4 is 5.32 Å². The zero-order chi connectivity index (χ0) is 11.3. The van der Waals surface area contributed by atoms with Crippen molar-refractivity contribution in [2.24, 2.45) is 0 Å². The van der Waals surface area contributed by atoms with E-state index in [9.17, 15) is 4.79 Å². The molecule has 1 aliphatic carbocycles. The first-order valence-corrected chi connectivity index (χ1v) is 5.03. The lowest BCUT2D eigenvalue weighted by Crippen LogP contribution is -2.64. The van der Waals surface area contributed by atoms with Crippen molar-refractivity contribution in [3.8, 4) is 0 Å². The van der Waals surface area contributed by atoms with E-state index in [1.165, 1.54) is 7.11 Å². The maximum Gasteiger partial charge on any atom is 0.326 e. The number of rotatable bonds is 6. The highest BCUT2D eigenvalue weighted by Gasteiger charge is 2.51. The molecule has 0 bridgehead atoms. The summed E-state index contributed by atoms with van der Waals surface area (Å²) >= 11 is 0. The summed E-state index contributed by atoms with van der Waals surface area (Å²) in [5, 5.41) is 3.17. The molecular formula is C10H19NO4. The third-order valence-corrected chi connectivity index (χ3v) is 2.83. The first-order chi connectivity index (χ1) is 7.18. The van der Waals surface area contributed by atoms with Gasteiger partial charge in [0.05, 0.1) is 19.8 Å². The molecule has 0 saturated heterocycles. The van der Waals surface area contributed by atoms with Crippen LogP contribution in [0.2, 0.25) is 0 Å². The Hall–Kier alpha value is -0.650. The fourth-order valence-electron chi connectivity index (χ4n) is 1.86. The van der Waals surface area contributed by atoms with E-state index in [0.717, 1.165) is 0 Å². The van der Waals surface area contributed by atoms with Crippen molar-refractivity contribution in [1.29, 1.82) is 0 Å². The van der Waals surface area contributed by atoms with Gasteiger partial charge >= 0.3 is 5.97 Å². The van der Waals surface area contributed by atoms with Crippen molar-refractivity contribution in [1.82, 2.24) is 5.32 Å². The van der Waals surface area contributed by atoms with Crippen molar-refractivity contribution in [2.75, 3.05) is 34.5 Å². The highest BCUT2D eigenvalue weighted by atomic mass is 16.5. The van der Waals surface area contributed by atoms with E-state index in [1.807, 2.05) is 0 Å². The fraction of sp³-hybridized carbons (Fsp3) is 0.900. The highest BCUT2D eigenvalue weighted by Crippen LogP contribution is 2.35. The zero-order valence-electron chi connectivity index (χ0n) is 9.54. The Kier molecular flexibility index (Phi) is 4.50. The first kappa shape index (κ1) is 12.4. The van der Waals surface area contributed by atoms with Gasteiger partial charge in [0.15, 0.2) is 0 Å². The summed E-state index contributed by atoms with van der Waals surface area (Å²) in [6.07, 6.45) is 1.49. The summed E-state index contributed by atoms with van der Waals surface area (Å²) in [6, 6.07) is 0. The van der Waals surface area contributed by atoms with Crippen molar-refractivity contribution >= 4 is 5.97 Å². The van der Waals surface area contributed by atoms with Crippen LogP contribution in [0, 0.1) is 0 Å². The molecule has 5 nitrogen and oxygen atoms in total. The van der Waals surface area contributed by atoms with Gasteiger partial charge in [-0.3, -0.25) is 10.1 Å². The van der Waals surface area contributed by atoms with Crippen molar-refractivity contribution in [3.05, 3.63) is 0 Å². The van der Waals surface area contributed by atoms with Crippen LogP contribution >= 0.6 is 0 Å². The Balaban J connectivity index is 2.45. The lowest BCUT2D eigenvalue weighted by atomic mass is 9.74. The average Bonchev–Trinajstić information content (AvgIpc) is 2.20. The van der Waals surface area contributed by atoms with E-state index in [0.29, 0.717) is 26.0 Å². The minimum absolute atomic E-state index is 0.152. The Morgan fingerprint density at radius 1 is 1.40 bits per heavy atom. The van der Waals surface area contributed by atoms with Crippen molar-refractivity contribution in [2.45, 2.75) is 24.5 Å². The predicted molar refractivity (Wildman–Crippen MR) is 54.7 cm³/mol. The molecule has 0 atom stereocenters. The highest BCUT2D eigenvalue weighted by molar-refractivity contribution is 5.82. The summed E-state index contributed by atoms with van der Waals surface area (Å²) in [5.74, 6) is -0.216. The van der Waals surface area contributed by atoms with Gasteiger partial charge in [0.2, 0.25) is 0 Å². The molecule has 0 amide bonds. The quantitative estimate of drug-likeness (QED) is 0.499. The normalized spacial score (nSPS) is 29.7. The smallest absolute Gasteiger partial charge is 0.326 e. The second-order valence-corrected chi connectivity index (χ2v) is 3.76. The van der Waals surface area contributed by atoms with Crippen LogP contribution in [-0.4, -0.2) is 52.1 Å². The van der Waals surface area contributed by atoms with Gasteiger partial charge in [0.1, 0.15) is 5.54 Å². The monoisotopic (exact) mass is 217 g/mol. The molecule has 0 spiro atoms. The number of esters is 1. The van der Waals surface area contributed by atoms with Crippen LogP contribution in [0.4, 0.5) is 0 Å². The molecule has 0 radical (unpaired) electrons. The summed E-state index contributed by atoms with van der Waals surface area (Å²) in [4.78, 5) is 11.6. The third kappa shape index (κ3) is 2.68. The van der Waals surface area contributed by atoms with Gasteiger partial charge in [-0.25, -0.2) is 0 Å². The maximum absolute atomic E-state index is 11.6. The average molecular weight is 217 g/mol. The molecule has 1 fully saturated rings. The molecule has 15 heavy (non-hydrogen) atoms. The van der Waals surface area contributed by atoms with E-state index in [1.54, 1.807) is 14.2 Å². The van der Waals surface area contributed by atoms with Gasteiger partial charge in [0.25, 0.3) is 0 Å². The van der Waals surface area contributed by atoms with Gasteiger partial charge in [-0.15, -0.1) is 0 Å². The van der Waals surface area contributed by atoms with Gasteiger partial charge in [-0.2, -0.15) is 0 Å². The van der Waals surface area contributed by atoms with Crippen molar-refractivity contribution in [3.63, 3.8) is 0 Å². The molecule has 5 heteroatoms. The van der Waals surface area contributed by atoms with E-state index >= 15 is 0 Å². The Morgan fingerprint density at radius 2 is 2.07 bits per heavy atom. The fourth-order valence-corrected chi connectivity index (χ4v) is 1.86. The molecular weight excluding hydrogens is 198 g/mol. The minimum Gasteiger partial charge on any atom is -0.468 e. The van der Waals surface area contributed by atoms with E-state index in [-0.39, 0.29) is 12.1 Å². The second kappa shape index (κ2) is 5.44. The number of nitrogens with one attached hydrogen (secondary N) is 1. The number of hydrogen-bond acceptors (Lipinski definition) is 5. The lowest BCUT2D eigenvalue weighted by Gasteiger charge is -2.44. The maximum atomic E-state index is 11.6. The van der Waals surface area contributed by atoms with Gasteiger partial charge < -0.3 is 14.2 Å². The first-order valence-electron chi connectivity index (χ1n) is 5.03. The molecule has 88 valence electrons. The van der Waals surface area contributed by atoms with E-state index in [2.05, 4.69) is 5.32 Å². The Labute approximate surface area is 90.1 Å². The Morgan fingerprint density at radius 3 is 2.53 bits per heavy atom. The second-order valence-electron chi connectivity index (χ2n) is 3.76. The summed E-state index contributed by atoms with van der Waals surface area (Å²) in [6.45, 7) is 1.22. The molecule has 0 aliphatic heterocycles. The topological polar surface area (TPSA) is 56.8 Å². The van der Waals surface area contributed by atoms with Crippen LogP contribution in [0.1, 0.15) is 12.8 Å². The number of carbonyl (C=O) groups excluding carboxylic acids is 1. The zero-order valence-corrected chi connectivity index (χ0v) is 9.54. The largest absolute Gasteiger partial charge is 0.468 e. The standard InChI is InChI=1S/C10H19NO4/c1-13-5-4-11-10(9(12)15-3)6-8(7-10)14-2/h8,11H,4-7H2,1-3H3. The number of carbonyl (C=O) groups is 1. The molecule has 0 aromatic carbocycles. The van der Waals surface area contributed by atoms with Gasteiger partial charge in [0, 0.05) is 33.6 Å². The van der Waals surface area contributed by atoms with Crippen molar-refractivity contribution < 1.29 is 19.0 Å². The molecule has 0 heterocycles. The van der Waals surface area contributed by atoms with Crippen LogP contribution in [0.5, 0.6) is 0 Å². The van der Waals surface area contributed by atoms with Gasteiger partial charge in [-0.1, -0.05) is 0 Å². The number of methoxy groups -OCH3 is 3. The molecule has 1 saturated carbocycles. The van der Waals surface area contributed by atoms with Crippen LogP contribution in [-0.2, 0) is 19.0 Å². The van der Waals surface area contributed by atoms with Crippen LogP contribution in [0.25, 0.3) is 0 Å². The third-order valence-electron chi connectivity index (χ3n) is 2.83. The molecule has 1 N–H and O–H groups in total. The van der Waals surface area contributed by atoms with E-state index < -0.39 is 5.54 Å². The molecule has 0 aromatic rings. The molecule has 0 aromatic heterocycles. The summed E-state index contributed by atoms with van der Waals surface area (Å²) in [7, 11) is 4.69. The van der Waals surface area contributed by atoms with E-state index in [4.69, 9.17) is 14.2 Å². The minimum atomic E-state index is -0.562.